The largest absolute Gasteiger partial charge is 0.489 e. The van der Waals surface area contributed by atoms with E-state index in [1.54, 1.807) is 24.3 Å². The van der Waals surface area contributed by atoms with Crippen LogP contribution in [0.25, 0.3) is 10.8 Å². The van der Waals surface area contributed by atoms with E-state index in [0.717, 1.165) is 33.0 Å². The summed E-state index contributed by atoms with van der Waals surface area (Å²) in [6.07, 6.45) is -1.07. The van der Waals surface area contributed by atoms with Crippen LogP contribution >= 0.6 is 0 Å². The van der Waals surface area contributed by atoms with E-state index in [2.05, 4.69) is 26.0 Å². The van der Waals surface area contributed by atoms with Gasteiger partial charge in [0.25, 0.3) is 0 Å². The minimum Gasteiger partial charge on any atom is -0.489 e. The molecule has 1 fully saturated rings. The van der Waals surface area contributed by atoms with E-state index in [1.807, 2.05) is 18.2 Å². The zero-order valence-corrected chi connectivity index (χ0v) is 21.4. The van der Waals surface area contributed by atoms with E-state index in [1.165, 1.54) is 24.3 Å². The number of hydrogen-bond acceptors (Lipinski definition) is 4. The Morgan fingerprint density at radius 1 is 0.947 bits per heavy atom. The lowest BCUT2D eigenvalue weighted by molar-refractivity contribution is -0.162. The van der Waals surface area contributed by atoms with Crippen molar-refractivity contribution in [1.82, 2.24) is 0 Å². The second-order valence-corrected chi connectivity index (χ2v) is 10.1. The minimum atomic E-state index is -0.767. The molecule has 0 radical (unpaired) electrons. The maximum atomic E-state index is 13.9. The molecule has 196 valence electrons. The number of hydrogen-bond donors (Lipinski definition) is 1. The number of halogens is 2. The van der Waals surface area contributed by atoms with Crippen LogP contribution in [0.15, 0.2) is 78.9 Å². The third-order valence-electron chi connectivity index (χ3n) is 7.01. The van der Waals surface area contributed by atoms with Crippen molar-refractivity contribution in [2.24, 2.45) is 0 Å². The van der Waals surface area contributed by atoms with Crippen molar-refractivity contribution in [1.29, 1.82) is 0 Å². The van der Waals surface area contributed by atoms with Crippen LogP contribution in [0.1, 0.15) is 60.8 Å². The maximum absolute atomic E-state index is 13.9. The second kappa shape index (κ2) is 10.9. The molecular formula is C32H30F2O4. The van der Waals surface area contributed by atoms with Crippen molar-refractivity contribution in [3.8, 4) is 5.75 Å². The highest BCUT2D eigenvalue weighted by Crippen LogP contribution is 2.45. The number of esters is 1. The molecule has 38 heavy (non-hydrogen) atoms. The topological polar surface area (TPSA) is 55.8 Å². The molecule has 0 amide bonds. The molecule has 0 aliphatic carbocycles. The number of cyclic esters (lactones) is 1. The zero-order chi connectivity index (χ0) is 26.8. The normalized spacial score (nSPS) is 17.7. The van der Waals surface area contributed by atoms with E-state index < -0.39 is 18.2 Å². The number of benzene rings is 4. The van der Waals surface area contributed by atoms with Gasteiger partial charge in [0.1, 0.15) is 30.1 Å². The summed E-state index contributed by atoms with van der Waals surface area (Å²) >= 11 is 0. The van der Waals surface area contributed by atoms with Gasteiger partial charge >= 0.3 is 5.97 Å². The highest BCUT2D eigenvalue weighted by atomic mass is 19.1. The molecule has 2 atom stereocenters. The number of carbonyl (C=O) groups excluding carboxylic acids is 1. The average molecular weight is 517 g/mol. The average Bonchev–Trinajstić information content (AvgIpc) is 2.88. The van der Waals surface area contributed by atoms with Gasteiger partial charge in [-0.1, -0.05) is 62.4 Å². The molecule has 1 aliphatic rings. The second-order valence-electron chi connectivity index (χ2n) is 10.1. The van der Waals surface area contributed by atoms with Gasteiger partial charge in [-0.3, -0.25) is 4.79 Å². The molecule has 1 heterocycles. The Kier molecular flexibility index (Phi) is 7.43. The summed E-state index contributed by atoms with van der Waals surface area (Å²) in [7, 11) is 0. The van der Waals surface area contributed by atoms with E-state index in [9.17, 15) is 18.7 Å². The van der Waals surface area contributed by atoms with Gasteiger partial charge in [0, 0.05) is 23.5 Å². The summed E-state index contributed by atoms with van der Waals surface area (Å²) in [6.45, 7) is 4.26. The van der Waals surface area contributed by atoms with Crippen LogP contribution in [0.4, 0.5) is 8.78 Å². The third kappa shape index (κ3) is 5.41. The Labute approximate surface area is 220 Å². The predicted molar refractivity (Wildman–Crippen MR) is 142 cm³/mol. The van der Waals surface area contributed by atoms with E-state index in [-0.39, 0.29) is 36.5 Å². The van der Waals surface area contributed by atoms with Gasteiger partial charge in [0.15, 0.2) is 0 Å². The lowest BCUT2D eigenvalue weighted by atomic mass is 9.81. The van der Waals surface area contributed by atoms with Crippen LogP contribution in [-0.2, 0) is 9.53 Å². The number of aliphatic hydroxyl groups is 1. The van der Waals surface area contributed by atoms with Gasteiger partial charge < -0.3 is 14.6 Å². The van der Waals surface area contributed by atoms with Crippen LogP contribution in [0.2, 0.25) is 0 Å². The van der Waals surface area contributed by atoms with Crippen molar-refractivity contribution < 1.29 is 28.2 Å². The zero-order valence-electron chi connectivity index (χ0n) is 21.4. The van der Waals surface area contributed by atoms with Crippen LogP contribution in [0.3, 0.4) is 0 Å². The van der Waals surface area contributed by atoms with Crippen molar-refractivity contribution in [3.05, 3.63) is 113 Å². The molecule has 1 aliphatic heterocycles. The molecular weight excluding hydrogens is 486 g/mol. The monoisotopic (exact) mass is 516 g/mol. The van der Waals surface area contributed by atoms with Crippen molar-refractivity contribution in [2.45, 2.75) is 50.7 Å². The fourth-order valence-corrected chi connectivity index (χ4v) is 5.33. The van der Waals surface area contributed by atoms with Crippen molar-refractivity contribution in [3.63, 3.8) is 0 Å². The summed E-state index contributed by atoms with van der Waals surface area (Å²) in [5.74, 6) is -0.794. The van der Waals surface area contributed by atoms with E-state index in [0.29, 0.717) is 12.2 Å². The van der Waals surface area contributed by atoms with Gasteiger partial charge in [-0.05, 0) is 58.1 Å². The summed E-state index contributed by atoms with van der Waals surface area (Å²) < 4.78 is 39.8. The smallest absolute Gasteiger partial charge is 0.308 e. The lowest BCUT2D eigenvalue weighted by Gasteiger charge is -2.29. The number of ether oxygens (including phenoxy) is 2. The van der Waals surface area contributed by atoms with Crippen LogP contribution in [0, 0.1) is 11.6 Å². The molecule has 4 aromatic carbocycles. The Morgan fingerprint density at radius 2 is 1.55 bits per heavy atom. The molecule has 1 N–H and O–H groups in total. The molecule has 5 rings (SSSR count). The molecule has 0 unspecified atom stereocenters. The Balaban J connectivity index is 1.70. The Hall–Kier alpha value is -3.77. The number of fused-ring (bicyclic) bond motifs is 1. The summed E-state index contributed by atoms with van der Waals surface area (Å²) in [5.41, 5.74) is 3.49. The first-order chi connectivity index (χ1) is 18.3. The summed E-state index contributed by atoms with van der Waals surface area (Å²) in [5, 5.41) is 12.2. The molecule has 0 aromatic heterocycles. The SMILES string of the molecule is CC(C)c1c(OC[C@@H]2C[C@@H](O)CC(=O)O2)c(C(c2ccc(F)cc2)c2ccc(F)cc2)cc2ccccc12. The lowest BCUT2D eigenvalue weighted by Crippen LogP contribution is -2.36. The van der Waals surface area contributed by atoms with Gasteiger partial charge in [-0.2, -0.15) is 0 Å². The molecule has 4 nitrogen and oxygen atoms in total. The quantitative estimate of drug-likeness (QED) is 0.215. The molecule has 0 saturated carbocycles. The minimum absolute atomic E-state index is 0.0217. The van der Waals surface area contributed by atoms with Gasteiger partial charge in [0.2, 0.25) is 0 Å². The number of aliphatic hydroxyl groups excluding tert-OH is 1. The molecule has 1 saturated heterocycles. The summed E-state index contributed by atoms with van der Waals surface area (Å²) in [4.78, 5) is 11.9. The molecule has 6 heteroatoms. The number of carbonyl (C=O) groups is 1. The van der Waals surface area contributed by atoms with Crippen LogP contribution < -0.4 is 4.74 Å². The fraction of sp³-hybridized carbons (Fsp3) is 0.281. The van der Waals surface area contributed by atoms with Crippen molar-refractivity contribution in [2.75, 3.05) is 6.61 Å². The van der Waals surface area contributed by atoms with Crippen LogP contribution in [0.5, 0.6) is 5.75 Å². The molecule has 0 spiro atoms. The van der Waals surface area contributed by atoms with Gasteiger partial charge in [-0.15, -0.1) is 0 Å². The highest BCUT2D eigenvalue weighted by Gasteiger charge is 2.30. The van der Waals surface area contributed by atoms with Crippen LogP contribution in [-0.4, -0.2) is 29.9 Å². The standard InChI is InChI=1S/C32H30F2O4/c1-19(2)30-27-6-4-3-5-22(27)15-28(32(30)37-18-26-16-25(35)17-29(36)38-26)31(20-7-11-23(33)12-8-20)21-9-13-24(34)14-10-21/h3-15,19,25-26,31,35H,16-18H2,1-2H3/t25-,26+/m1/s1. The highest BCUT2D eigenvalue weighted by molar-refractivity contribution is 5.90. The maximum Gasteiger partial charge on any atom is 0.308 e. The Bertz CT molecular complexity index is 1390. The molecule has 4 aromatic rings. The van der Waals surface area contributed by atoms with Gasteiger partial charge in [-0.25, -0.2) is 8.78 Å². The van der Waals surface area contributed by atoms with Gasteiger partial charge in [0.05, 0.1) is 12.5 Å². The first-order valence-corrected chi connectivity index (χ1v) is 12.9. The van der Waals surface area contributed by atoms with E-state index in [4.69, 9.17) is 9.47 Å². The first-order valence-electron chi connectivity index (χ1n) is 12.9. The molecule has 0 bridgehead atoms. The first kappa shape index (κ1) is 25.9. The number of rotatable bonds is 7. The fourth-order valence-electron chi connectivity index (χ4n) is 5.33. The summed E-state index contributed by atoms with van der Waals surface area (Å²) in [6, 6.07) is 22.7. The van der Waals surface area contributed by atoms with E-state index >= 15 is 0 Å². The Morgan fingerprint density at radius 3 is 2.13 bits per heavy atom. The third-order valence-corrected chi connectivity index (χ3v) is 7.01. The predicted octanol–water partition coefficient (Wildman–Crippen LogP) is 6.87. The van der Waals surface area contributed by atoms with Crippen molar-refractivity contribution >= 4 is 16.7 Å².